The maximum Gasteiger partial charge on any atom is 0.416 e. The maximum atomic E-state index is 12.9. The Bertz CT molecular complexity index is 1100. The average Bonchev–Trinajstić information content (AvgIpc) is 2.91. The number of nitrogens with one attached hydrogen (secondary N) is 2. The minimum Gasteiger partial charge on any atom is -0.383 e. The fraction of sp³-hybridized carbons (Fsp3) is 0.444. The summed E-state index contributed by atoms with van der Waals surface area (Å²) in [5, 5.41) is 5.16. The molecule has 1 heterocycles. The van der Waals surface area contributed by atoms with Crippen molar-refractivity contribution in [3.8, 4) is 0 Å². The van der Waals surface area contributed by atoms with Gasteiger partial charge in [-0.15, -0.1) is 0 Å². The van der Waals surface area contributed by atoms with E-state index in [2.05, 4.69) is 15.5 Å². The van der Waals surface area contributed by atoms with E-state index in [4.69, 9.17) is 10.5 Å². The van der Waals surface area contributed by atoms with Crippen molar-refractivity contribution in [2.45, 2.75) is 31.6 Å². The standard InChI is InChI=1S/C27H33F3N4O4/c1-38-14-11-32-25(36)20-7-5-18(6-8-20)17-34-12-9-19(10-13-34)24(31)23(35)16-33-26(37)21-3-2-4-22(15-21)27(28,29)30/h2-8,15,19,24H,9-14,16-17,31H2,1H3,(H,32,36)(H,33,37). The molecule has 0 aliphatic carbocycles. The molecule has 0 bridgehead atoms. The summed E-state index contributed by atoms with van der Waals surface area (Å²) in [6.07, 6.45) is -3.16. The lowest BCUT2D eigenvalue weighted by Gasteiger charge is -2.34. The van der Waals surface area contributed by atoms with E-state index in [1.807, 2.05) is 12.1 Å². The van der Waals surface area contributed by atoms with Crippen LogP contribution in [0, 0.1) is 5.92 Å². The van der Waals surface area contributed by atoms with Gasteiger partial charge < -0.3 is 21.1 Å². The molecular weight excluding hydrogens is 501 g/mol. The van der Waals surface area contributed by atoms with Crippen LogP contribution in [0.2, 0.25) is 0 Å². The second kappa shape index (κ2) is 13.5. The molecule has 1 atom stereocenters. The Morgan fingerprint density at radius 3 is 2.32 bits per heavy atom. The van der Waals surface area contributed by atoms with Gasteiger partial charge in [-0.2, -0.15) is 13.2 Å². The summed E-state index contributed by atoms with van der Waals surface area (Å²) < 4.78 is 43.6. The Labute approximate surface area is 219 Å². The molecule has 1 aliphatic rings. The summed E-state index contributed by atoms with van der Waals surface area (Å²) >= 11 is 0. The summed E-state index contributed by atoms with van der Waals surface area (Å²) in [6, 6.07) is 10.7. The predicted molar refractivity (Wildman–Crippen MR) is 135 cm³/mol. The van der Waals surface area contributed by atoms with Gasteiger partial charge in [0.15, 0.2) is 5.78 Å². The Hall–Kier alpha value is -3.28. The molecule has 206 valence electrons. The highest BCUT2D eigenvalue weighted by molar-refractivity contribution is 5.97. The minimum atomic E-state index is -4.56. The molecule has 2 amide bonds. The first kappa shape index (κ1) is 29.3. The van der Waals surface area contributed by atoms with Crippen molar-refractivity contribution in [2.24, 2.45) is 11.7 Å². The molecule has 1 fully saturated rings. The van der Waals surface area contributed by atoms with Crippen LogP contribution < -0.4 is 16.4 Å². The van der Waals surface area contributed by atoms with Gasteiger partial charge in [-0.3, -0.25) is 19.3 Å². The Morgan fingerprint density at radius 2 is 1.68 bits per heavy atom. The summed E-state index contributed by atoms with van der Waals surface area (Å²) in [6.45, 7) is 2.72. The fourth-order valence-electron chi connectivity index (χ4n) is 4.35. The lowest BCUT2D eigenvalue weighted by Crippen LogP contribution is -2.47. The molecule has 11 heteroatoms. The number of ether oxygens (including phenoxy) is 1. The zero-order valence-corrected chi connectivity index (χ0v) is 21.2. The highest BCUT2D eigenvalue weighted by atomic mass is 19.4. The first-order valence-corrected chi connectivity index (χ1v) is 12.4. The number of carbonyl (C=O) groups excluding carboxylic acids is 3. The second-order valence-corrected chi connectivity index (χ2v) is 9.31. The van der Waals surface area contributed by atoms with Crippen molar-refractivity contribution in [1.29, 1.82) is 0 Å². The molecule has 4 N–H and O–H groups in total. The Kier molecular flexibility index (Phi) is 10.4. The molecule has 0 spiro atoms. The van der Waals surface area contributed by atoms with Gasteiger partial charge in [0, 0.05) is 31.3 Å². The smallest absolute Gasteiger partial charge is 0.383 e. The van der Waals surface area contributed by atoms with Crippen molar-refractivity contribution in [2.75, 3.05) is 39.9 Å². The highest BCUT2D eigenvalue weighted by Crippen LogP contribution is 2.29. The number of nitrogens with two attached hydrogens (primary N) is 1. The molecule has 1 saturated heterocycles. The van der Waals surface area contributed by atoms with Crippen LogP contribution in [-0.2, 0) is 22.3 Å². The number of rotatable bonds is 11. The maximum absolute atomic E-state index is 12.9. The van der Waals surface area contributed by atoms with Crippen molar-refractivity contribution in [3.63, 3.8) is 0 Å². The van der Waals surface area contributed by atoms with E-state index < -0.39 is 23.7 Å². The van der Waals surface area contributed by atoms with Crippen LogP contribution in [0.5, 0.6) is 0 Å². The number of hydrogen-bond donors (Lipinski definition) is 3. The number of piperidine rings is 1. The largest absolute Gasteiger partial charge is 0.416 e. The number of Topliss-reactive ketones (excluding diaryl/α,β-unsaturated/α-hetero) is 1. The van der Waals surface area contributed by atoms with Crippen LogP contribution >= 0.6 is 0 Å². The van der Waals surface area contributed by atoms with Crippen LogP contribution in [0.4, 0.5) is 13.2 Å². The van der Waals surface area contributed by atoms with Crippen LogP contribution in [0.1, 0.15) is 44.7 Å². The molecule has 2 aromatic carbocycles. The normalized spacial score (nSPS) is 15.6. The molecule has 38 heavy (non-hydrogen) atoms. The summed E-state index contributed by atoms with van der Waals surface area (Å²) in [5.41, 5.74) is 6.71. The number of benzene rings is 2. The molecule has 2 aromatic rings. The number of ketones is 1. The number of halogens is 3. The number of alkyl halides is 3. The van der Waals surface area contributed by atoms with Gasteiger partial charge in [-0.05, 0) is 67.7 Å². The molecule has 0 saturated carbocycles. The topological polar surface area (TPSA) is 114 Å². The fourth-order valence-corrected chi connectivity index (χ4v) is 4.35. The van der Waals surface area contributed by atoms with E-state index in [1.165, 1.54) is 6.07 Å². The van der Waals surface area contributed by atoms with Gasteiger partial charge in [0.2, 0.25) is 0 Å². The van der Waals surface area contributed by atoms with Crippen molar-refractivity contribution in [1.82, 2.24) is 15.5 Å². The first-order chi connectivity index (χ1) is 18.1. The number of carbonyl (C=O) groups is 3. The van der Waals surface area contributed by atoms with Crippen molar-refractivity contribution in [3.05, 3.63) is 70.8 Å². The predicted octanol–water partition coefficient (Wildman–Crippen LogP) is 2.62. The molecule has 0 aromatic heterocycles. The van der Waals surface area contributed by atoms with E-state index in [0.717, 1.165) is 36.9 Å². The number of amides is 2. The lowest BCUT2D eigenvalue weighted by molar-refractivity contribution is -0.137. The third-order valence-electron chi connectivity index (χ3n) is 6.60. The zero-order chi connectivity index (χ0) is 27.7. The zero-order valence-electron chi connectivity index (χ0n) is 21.2. The van der Waals surface area contributed by atoms with Crippen molar-refractivity contribution >= 4 is 17.6 Å². The Balaban J connectivity index is 1.42. The number of methoxy groups -OCH3 is 1. The van der Waals surface area contributed by atoms with E-state index in [9.17, 15) is 27.6 Å². The van der Waals surface area contributed by atoms with E-state index in [1.54, 1.807) is 19.2 Å². The van der Waals surface area contributed by atoms with E-state index in [0.29, 0.717) is 38.1 Å². The third kappa shape index (κ3) is 8.37. The lowest BCUT2D eigenvalue weighted by atomic mass is 9.87. The first-order valence-electron chi connectivity index (χ1n) is 12.4. The van der Waals surface area contributed by atoms with E-state index >= 15 is 0 Å². The molecule has 8 nitrogen and oxygen atoms in total. The average molecular weight is 535 g/mol. The van der Waals surface area contributed by atoms with Gasteiger partial charge in [0.25, 0.3) is 11.8 Å². The van der Waals surface area contributed by atoms with Crippen LogP contribution in [0.15, 0.2) is 48.5 Å². The highest BCUT2D eigenvalue weighted by Gasteiger charge is 2.31. The quantitative estimate of drug-likeness (QED) is 0.382. The van der Waals surface area contributed by atoms with Crippen LogP contribution in [-0.4, -0.2) is 68.4 Å². The van der Waals surface area contributed by atoms with E-state index in [-0.39, 0.29) is 29.7 Å². The monoisotopic (exact) mass is 534 g/mol. The minimum absolute atomic E-state index is 0.0534. The molecule has 1 unspecified atom stereocenters. The number of hydrogen-bond acceptors (Lipinski definition) is 6. The van der Waals surface area contributed by atoms with Gasteiger partial charge in [-0.1, -0.05) is 18.2 Å². The summed E-state index contributed by atoms with van der Waals surface area (Å²) in [4.78, 5) is 39.2. The summed E-state index contributed by atoms with van der Waals surface area (Å²) in [7, 11) is 1.57. The van der Waals surface area contributed by atoms with Crippen LogP contribution in [0.25, 0.3) is 0 Å². The van der Waals surface area contributed by atoms with Gasteiger partial charge in [-0.25, -0.2) is 0 Å². The molecule has 1 aliphatic heterocycles. The van der Waals surface area contributed by atoms with Gasteiger partial charge >= 0.3 is 6.18 Å². The van der Waals surface area contributed by atoms with Crippen LogP contribution in [0.3, 0.4) is 0 Å². The SMILES string of the molecule is COCCNC(=O)c1ccc(CN2CCC(C(N)C(=O)CNC(=O)c3cccc(C(F)(F)F)c3)CC2)cc1. The third-order valence-corrected chi connectivity index (χ3v) is 6.60. The number of likely N-dealkylation sites (tertiary alicyclic amines) is 1. The second-order valence-electron chi connectivity index (χ2n) is 9.31. The molecule has 3 rings (SSSR count). The summed E-state index contributed by atoms with van der Waals surface area (Å²) in [5.74, 6) is -1.32. The van der Waals surface area contributed by atoms with Gasteiger partial charge in [0.1, 0.15) is 0 Å². The molecular formula is C27H33F3N4O4. The van der Waals surface area contributed by atoms with Gasteiger partial charge in [0.05, 0.1) is 24.8 Å². The number of nitrogens with zero attached hydrogens (tertiary/aromatic N) is 1. The van der Waals surface area contributed by atoms with Crippen molar-refractivity contribution < 1.29 is 32.3 Å². The Morgan fingerprint density at radius 1 is 1.03 bits per heavy atom. The molecule has 0 radical (unpaired) electrons.